The van der Waals surface area contributed by atoms with E-state index in [-0.39, 0.29) is 29.2 Å². The highest BCUT2D eigenvalue weighted by molar-refractivity contribution is 5.64. The first-order chi connectivity index (χ1) is 18.4. The van der Waals surface area contributed by atoms with Crippen molar-refractivity contribution in [3.05, 3.63) is 77.5 Å². The number of nitrogens with two attached hydrogens (primary N) is 1. The molecule has 38 heavy (non-hydrogen) atoms. The summed E-state index contributed by atoms with van der Waals surface area (Å²) in [5.74, 6) is 0.278. The smallest absolute Gasteiger partial charge is 0.139 e. The number of fused-ring (bicyclic) bond motifs is 1. The molecular weight excluding hydrogens is 488 g/mol. The van der Waals surface area contributed by atoms with Gasteiger partial charge in [-0.2, -0.15) is 5.10 Å². The Hall–Kier alpha value is -3.43. The minimum Gasteiger partial charge on any atom is -0.488 e. The van der Waals surface area contributed by atoms with Gasteiger partial charge in [-0.05, 0) is 60.4 Å². The molecule has 1 aliphatic heterocycles. The molecule has 9 heteroatoms. The van der Waals surface area contributed by atoms with Crippen molar-refractivity contribution in [3.8, 4) is 17.0 Å². The molecule has 1 unspecified atom stereocenters. The average Bonchev–Trinajstić information content (AvgIpc) is 3.53. The van der Waals surface area contributed by atoms with Crippen LogP contribution in [0.1, 0.15) is 55.5 Å². The van der Waals surface area contributed by atoms with Crippen LogP contribution in [0.5, 0.6) is 5.75 Å². The fourth-order valence-corrected chi connectivity index (χ4v) is 5.91. The zero-order valence-corrected chi connectivity index (χ0v) is 21.3. The molecule has 1 aliphatic carbocycles. The summed E-state index contributed by atoms with van der Waals surface area (Å²) in [5, 5.41) is 4.60. The molecule has 0 spiro atoms. The van der Waals surface area contributed by atoms with Crippen molar-refractivity contribution in [1.29, 1.82) is 0 Å². The Morgan fingerprint density at radius 1 is 1.11 bits per heavy atom. The number of hydrogen-bond acceptors (Lipinski definition) is 6. The molecule has 3 aromatic heterocycles. The molecule has 7 nitrogen and oxygen atoms in total. The molecule has 2 aliphatic rings. The van der Waals surface area contributed by atoms with Crippen LogP contribution in [0.2, 0.25) is 0 Å². The lowest BCUT2D eigenvalue weighted by molar-refractivity contribution is 0.141. The van der Waals surface area contributed by atoms with Crippen LogP contribution in [-0.4, -0.2) is 44.9 Å². The average molecular weight is 520 g/mol. The summed E-state index contributed by atoms with van der Waals surface area (Å²) in [6.45, 7) is 3.25. The van der Waals surface area contributed by atoms with E-state index in [0.29, 0.717) is 43.7 Å². The molecule has 2 fully saturated rings. The third kappa shape index (κ3) is 5.00. The third-order valence-corrected chi connectivity index (χ3v) is 7.63. The van der Waals surface area contributed by atoms with Crippen molar-refractivity contribution in [2.45, 2.75) is 57.1 Å². The normalized spacial score (nSPS) is 23.7. The monoisotopic (exact) mass is 519 g/mol. The van der Waals surface area contributed by atoms with Crippen LogP contribution in [0.4, 0.5) is 8.78 Å². The minimum absolute atomic E-state index is 0.143. The molecule has 4 atom stereocenters. The highest BCUT2D eigenvalue weighted by Crippen LogP contribution is 2.37. The Balaban J connectivity index is 1.30. The van der Waals surface area contributed by atoms with E-state index >= 15 is 8.78 Å². The largest absolute Gasteiger partial charge is 0.488 e. The molecule has 1 aromatic carbocycles. The Morgan fingerprint density at radius 2 is 1.95 bits per heavy atom. The zero-order chi connectivity index (χ0) is 26.2. The van der Waals surface area contributed by atoms with Gasteiger partial charge in [0.05, 0.1) is 36.2 Å². The van der Waals surface area contributed by atoms with Gasteiger partial charge in [-0.25, -0.2) is 18.3 Å². The van der Waals surface area contributed by atoms with Crippen LogP contribution in [0.3, 0.4) is 0 Å². The maximum absolute atomic E-state index is 15.1. The SMILES string of the molecule is C[C@@H]1C[C@H](N)C[C@H](c2ccncc2Cc2ncc3ccc(-c4c(F)cc(OC5CCOC5)cc4F)nn23)C1. The first-order valence-electron chi connectivity index (χ1n) is 13.2. The molecule has 1 saturated heterocycles. The number of aromatic nitrogens is 4. The Kier molecular flexibility index (Phi) is 6.80. The first-order valence-corrected chi connectivity index (χ1v) is 13.2. The molecule has 2 N–H and O–H groups in total. The number of nitrogens with zero attached hydrogens (tertiary/aromatic N) is 4. The summed E-state index contributed by atoms with van der Waals surface area (Å²) in [4.78, 5) is 8.95. The fraction of sp³-hybridized carbons (Fsp3) is 0.414. The van der Waals surface area contributed by atoms with E-state index in [1.165, 1.54) is 17.7 Å². The van der Waals surface area contributed by atoms with Crippen LogP contribution in [0.25, 0.3) is 16.8 Å². The molecule has 0 bridgehead atoms. The van der Waals surface area contributed by atoms with E-state index in [1.54, 1.807) is 22.8 Å². The van der Waals surface area contributed by atoms with Gasteiger partial charge in [-0.1, -0.05) is 6.92 Å². The lowest BCUT2D eigenvalue weighted by atomic mass is 9.75. The predicted molar refractivity (Wildman–Crippen MR) is 139 cm³/mol. The van der Waals surface area contributed by atoms with Crippen molar-refractivity contribution >= 4 is 5.52 Å². The van der Waals surface area contributed by atoms with Gasteiger partial charge >= 0.3 is 0 Å². The maximum atomic E-state index is 15.1. The van der Waals surface area contributed by atoms with Gasteiger partial charge < -0.3 is 15.2 Å². The summed E-state index contributed by atoms with van der Waals surface area (Å²) in [6, 6.07) is 8.04. The van der Waals surface area contributed by atoms with Gasteiger partial charge in [0, 0.05) is 43.4 Å². The second kappa shape index (κ2) is 10.4. The summed E-state index contributed by atoms with van der Waals surface area (Å²) in [7, 11) is 0. The molecule has 0 amide bonds. The Labute approximate surface area is 220 Å². The highest BCUT2D eigenvalue weighted by Gasteiger charge is 2.27. The Bertz CT molecular complexity index is 1420. The van der Waals surface area contributed by atoms with Gasteiger partial charge in [0.2, 0.25) is 0 Å². The summed E-state index contributed by atoms with van der Waals surface area (Å²) < 4.78 is 42.9. The number of imidazole rings is 1. The number of pyridine rings is 1. The molecule has 0 radical (unpaired) electrons. The molecule has 4 heterocycles. The van der Waals surface area contributed by atoms with Crippen LogP contribution in [0.15, 0.2) is 48.9 Å². The fourth-order valence-electron chi connectivity index (χ4n) is 5.91. The molecular formula is C29H31F2N5O2. The zero-order valence-electron chi connectivity index (χ0n) is 21.3. The molecule has 4 aromatic rings. The quantitative estimate of drug-likeness (QED) is 0.383. The van der Waals surface area contributed by atoms with E-state index < -0.39 is 11.6 Å². The van der Waals surface area contributed by atoms with Crippen molar-refractivity contribution in [2.75, 3.05) is 13.2 Å². The lowest BCUT2D eigenvalue weighted by Gasteiger charge is -2.32. The maximum Gasteiger partial charge on any atom is 0.139 e. The van der Waals surface area contributed by atoms with E-state index in [4.69, 9.17) is 15.2 Å². The summed E-state index contributed by atoms with van der Waals surface area (Å²) >= 11 is 0. The van der Waals surface area contributed by atoms with Gasteiger partial charge in [-0.15, -0.1) is 0 Å². The number of benzene rings is 1. The number of rotatable bonds is 6. The Morgan fingerprint density at radius 3 is 2.71 bits per heavy atom. The standard InChI is InChI=1S/C29H31F2N5O2/c1-17-8-18(10-20(32)9-17)24-4-6-33-14-19(24)11-28-34-15-21-2-3-27(35-36(21)28)29-25(30)12-23(13-26(29)31)38-22-5-7-37-16-22/h2-4,6,12-15,17-18,20,22H,5,7-11,16,32H2,1H3/t17-,18+,20-,22?/m0/s1. The van der Waals surface area contributed by atoms with Gasteiger partial charge in [-0.3, -0.25) is 4.98 Å². The van der Waals surface area contributed by atoms with Gasteiger partial charge in [0.25, 0.3) is 0 Å². The molecule has 6 rings (SSSR count). The summed E-state index contributed by atoms with van der Waals surface area (Å²) in [6.07, 6.45) is 9.47. The van der Waals surface area contributed by atoms with E-state index in [9.17, 15) is 0 Å². The van der Waals surface area contributed by atoms with Crippen LogP contribution >= 0.6 is 0 Å². The van der Waals surface area contributed by atoms with Crippen molar-refractivity contribution in [3.63, 3.8) is 0 Å². The highest BCUT2D eigenvalue weighted by atomic mass is 19.1. The number of hydrogen-bond donors (Lipinski definition) is 1. The van der Waals surface area contributed by atoms with Crippen molar-refractivity contribution in [2.24, 2.45) is 11.7 Å². The third-order valence-electron chi connectivity index (χ3n) is 7.63. The second-order valence-electron chi connectivity index (χ2n) is 10.6. The van der Waals surface area contributed by atoms with Crippen LogP contribution in [0, 0.1) is 17.6 Å². The van der Waals surface area contributed by atoms with Crippen molar-refractivity contribution in [1.82, 2.24) is 19.6 Å². The first kappa shape index (κ1) is 24.9. The number of ether oxygens (including phenoxy) is 2. The van der Waals surface area contributed by atoms with Crippen LogP contribution < -0.4 is 10.5 Å². The van der Waals surface area contributed by atoms with Gasteiger partial charge in [0.1, 0.15) is 29.3 Å². The van der Waals surface area contributed by atoms with Crippen molar-refractivity contribution < 1.29 is 18.3 Å². The molecule has 198 valence electrons. The number of halogens is 2. The topological polar surface area (TPSA) is 87.6 Å². The summed E-state index contributed by atoms with van der Waals surface area (Å²) in [5.41, 5.74) is 9.36. The van der Waals surface area contributed by atoms with Crippen LogP contribution in [-0.2, 0) is 11.2 Å². The van der Waals surface area contributed by atoms with E-state index in [2.05, 4.69) is 28.1 Å². The van der Waals surface area contributed by atoms with E-state index in [1.807, 2.05) is 12.4 Å². The van der Waals surface area contributed by atoms with Gasteiger partial charge in [0.15, 0.2) is 0 Å². The minimum atomic E-state index is -0.732. The second-order valence-corrected chi connectivity index (χ2v) is 10.6. The van der Waals surface area contributed by atoms with E-state index in [0.717, 1.165) is 30.3 Å². The predicted octanol–water partition coefficient (Wildman–Crippen LogP) is 5.06. The lowest BCUT2D eigenvalue weighted by Crippen LogP contribution is -2.31. The molecule has 1 saturated carbocycles.